The van der Waals surface area contributed by atoms with E-state index in [1.165, 1.54) is 45.4 Å². The van der Waals surface area contributed by atoms with Crippen LogP contribution in [0.3, 0.4) is 0 Å². The Morgan fingerprint density at radius 2 is 1.39 bits per heavy atom. The molecule has 0 fully saturated rings. The Labute approximate surface area is 139 Å². The maximum absolute atomic E-state index is 2.27. The highest BCUT2D eigenvalue weighted by atomic mass is 14.1. The SMILES string of the molecule is CCCc1ccccc1-c1cccc(-c2cccc(C)c2)c1C. The molecule has 0 saturated carbocycles. The van der Waals surface area contributed by atoms with Crippen molar-refractivity contribution in [1.29, 1.82) is 0 Å². The summed E-state index contributed by atoms with van der Waals surface area (Å²) in [5.74, 6) is 0. The van der Waals surface area contributed by atoms with Gasteiger partial charge in [0.05, 0.1) is 0 Å². The van der Waals surface area contributed by atoms with E-state index in [4.69, 9.17) is 0 Å². The lowest BCUT2D eigenvalue weighted by molar-refractivity contribution is 0.923. The molecule has 23 heavy (non-hydrogen) atoms. The molecule has 0 saturated heterocycles. The third-order valence-corrected chi connectivity index (χ3v) is 4.49. The molecule has 116 valence electrons. The van der Waals surface area contributed by atoms with Gasteiger partial charge in [0.15, 0.2) is 0 Å². The number of hydrogen-bond acceptors (Lipinski definition) is 0. The monoisotopic (exact) mass is 300 g/mol. The van der Waals surface area contributed by atoms with Gasteiger partial charge >= 0.3 is 0 Å². The molecule has 0 amide bonds. The van der Waals surface area contributed by atoms with Crippen molar-refractivity contribution in [1.82, 2.24) is 0 Å². The summed E-state index contributed by atoms with van der Waals surface area (Å²) in [7, 11) is 0. The molecule has 0 aliphatic carbocycles. The van der Waals surface area contributed by atoms with Crippen molar-refractivity contribution in [3.8, 4) is 22.3 Å². The summed E-state index contributed by atoms with van der Waals surface area (Å²) in [6.45, 7) is 6.64. The largest absolute Gasteiger partial charge is 0.0651 e. The van der Waals surface area contributed by atoms with Crippen LogP contribution in [0.2, 0.25) is 0 Å². The zero-order chi connectivity index (χ0) is 16.2. The lowest BCUT2D eigenvalue weighted by atomic mass is 9.89. The molecule has 0 atom stereocenters. The fourth-order valence-electron chi connectivity index (χ4n) is 3.32. The van der Waals surface area contributed by atoms with Crippen molar-refractivity contribution in [2.75, 3.05) is 0 Å². The normalized spacial score (nSPS) is 10.7. The van der Waals surface area contributed by atoms with Crippen molar-refractivity contribution in [2.45, 2.75) is 33.6 Å². The Hall–Kier alpha value is -2.34. The third-order valence-electron chi connectivity index (χ3n) is 4.49. The molecule has 0 N–H and O–H groups in total. The molecule has 0 aliphatic heterocycles. The molecule has 0 heterocycles. The van der Waals surface area contributed by atoms with E-state index in [1.807, 2.05) is 0 Å². The van der Waals surface area contributed by atoms with Crippen LogP contribution in [0.25, 0.3) is 22.3 Å². The molecule has 0 aromatic heterocycles. The van der Waals surface area contributed by atoms with Crippen molar-refractivity contribution < 1.29 is 0 Å². The second-order valence-corrected chi connectivity index (χ2v) is 6.25. The molecule has 3 rings (SSSR count). The van der Waals surface area contributed by atoms with Crippen LogP contribution in [0.1, 0.15) is 30.0 Å². The molecular formula is C23H24. The second kappa shape index (κ2) is 6.83. The Morgan fingerprint density at radius 3 is 2.17 bits per heavy atom. The van der Waals surface area contributed by atoms with Gasteiger partial charge < -0.3 is 0 Å². The Balaban J connectivity index is 2.14. The quantitative estimate of drug-likeness (QED) is 0.510. The van der Waals surface area contributed by atoms with Gasteiger partial charge in [-0.05, 0) is 53.6 Å². The molecule has 0 unspecified atom stereocenters. The molecule has 0 aliphatic rings. The summed E-state index contributed by atoms with van der Waals surface area (Å²) >= 11 is 0. The van der Waals surface area contributed by atoms with E-state index >= 15 is 0 Å². The van der Waals surface area contributed by atoms with Gasteiger partial charge in [-0.15, -0.1) is 0 Å². The standard InChI is InChI=1S/C23H24/c1-4-9-19-11-5-6-13-23(19)22-15-8-14-21(18(22)3)20-12-7-10-17(2)16-20/h5-8,10-16H,4,9H2,1-3H3. The molecule has 0 heteroatoms. The highest BCUT2D eigenvalue weighted by molar-refractivity contribution is 5.79. The summed E-state index contributed by atoms with van der Waals surface area (Å²) < 4.78 is 0. The number of benzene rings is 3. The minimum Gasteiger partial charge on any atom is -0.0651 e. The third kappa shape index (κ3) is 3.22. The molecule has 0 bridgehead atoms. The van der Waals surface area contributed by atoms with Crippen LogP contribution in [0.5, 0.6) is 0 Å². The fraction of sp³-hybridized carbons (Fsp3) is 0.217. The first-order valence-electron chi connectivity index (χ1n) is 8.45. The first kappa shape index (κ1) is 15.6. The van der Waals surface area contributed by atoms with Gasteiger partial charge in [0.1, 0.15) is 0 Å². The summed E-state index contributed by atoms with van der Waals surface area (Å²) in [5, 5.41) is 0. The fourth-order valence-corrected chi connectivity index (χ4v) is 3.32. The van der Waals surface area contributed by atoms with Gasteiger partial charge in [-0.2, -0.15) is 0 Å². The van der Waals surface area contributed by atoms with Gasteiger partial charge in [-0.3, -0.25) is 0 Å². The average Bonchev–Trinajstić information content (AvgIpc) is 2.56. The summed E-state index contributed by atoms with van der Waals surface area (Å²) in [5.41, 5.74) is 9.48. The van der Waals surface area contributed by atoms with Crippen LogP contribution < -0.4 is 0 Å². The minimum atomic E-state index is 1.13. The zero-order valence-corrected chi connectivity index (χ0v) is 14.3. The lowest BCUT2D eigenvalue weighted by Crippen LogP contribution is -1.93. The second-order valence-electron chi connectivity index (χ2n) is 6.25. The smallest absolute Gasteiger partial charge is 0.0146 e. The Morgan fingerprint density at radius 1 is 0.696 bits per heavy atom. The van der Waals surface area contributed by atoms with Crippen LogP contribution in [0.4, 0.5) is 0 Å². The molecule has 0 spiro atoms. The number of rotatable bonds is 4. The van der Waals surface area contributed by atoms with E-state index in [0.717, 1.165) is 6.42 Å². The first-order valence-corrected chi connectivity index (χ1v) is 8.45. The molecule has 3 aromatic carbocycles. The summed E-state index contributed by atoms with van der Waals surface area (Å²) in [6.07, 6.45) is 2.30. The van der Waals surface area contributed by atoms with E-state index in [-0.39, 0.29) is 0 Å². The van der Waals surface area contributed by atoms with Crippen LogP contribution in [0.15, 0.2) is 66.7 Å². The summed E-state index contributed by atoms with van der Waals surface area (Å²) in [4.78, 5) is 0. The van der Waals surface area contributed by atoms with Crippen LogP contribution in [0, 0.1) is 13.8 Å². The minimum absolute atomic E-state index is 1.13. The molecule has 0 nitrogen and oxygen atoms in total. The van der Waals surface area contributed by atoms with E-state index in [2.05, 4.69) is 87.5 Å². The van der Waals surface area contributed by atoms with Gasteiger partial charge in [-0.1, -0.05) is 85.6 Å². The Bertz CT molecular complexity index is 812. The van der Waals surface area contributed by atoms with Crippen molar-refractivity contribution in [3.63, 3.8) is 0 Å². The summed E-state index contributed by atoms with van der Waals surface area (Å²) in [6, 6.07) is 24.2. The van der Waals surface area contributed by atoms with E-state index in [0.29, 0.717) is 0 Å². The van der Waals surface area contributed by atoms with Gasteiger partial charge in [0.25, 0.3) is 0 Å². The van der Waals surface area contributed by atoms with Crippen molar-refractivity contribution in [3.05, 3.63) is 83.4 Å². The number of hydrogen-bond donors (Lipinski definition) is 0. The predicted molar refractivity (Wildman–Crippen MR) is 101 cm³/mol. The van der Waals surface area contributed by atoms with Crippen LogP contribution >= 0.6 is 0 Å². The number of aryl methyl sites for hydroxylation is 2. The van der Waals surface area contributed by atoms with E-state index in [9.17, 15) is 0 Å². The van der Waals surface area contributed by atoms with Crippen molar-refractivity contribution >= 4 is 0 Å². The van der Waals surface area contributed by atoms with Crippen LogP contribution in [-0.2, 0) is 6.42 Å². The lowest BCUT2D eigenvalue weighted by Gasteiger charge is -2.15. The van der Waals surface area contributed by atoms with Gasteiger partial charge in [0.2, 0.25) is 0 Å². The molecule has 3 aromatic rings. The first-order chi connectivity index (χ1) is 11.2. The van der Waals surface area contributed by atoms with Gasteiger partial charge in [-0.25, -0.2) is 0 Å². The molecular weight excluding hydrogens is 276 g/mol. The van der Waals surface area contributed by atoms with E-state index in [1.54, 1.807) is 0 Å². The predicted octanol–water partition coefficient (Wildman–Crippen LogP) is 6.59. The molecule has 0 radical (unpaired) electrons. The average molecular weight is 300 g/mol. The maximum atomic E-state index is 2.27. The van der Waals surface area contributed by atoms with Crippen molar-refractivity contribution in [2.24, 2.45) is 0 Å². The Kier molecular flexibility index (Phi) is 4.62. The van der Waals surface area contributed by atoms with E-state index < -0.39 is 0 Å². The highest BCUT2D eigenvalue weighted by Crippen LogP contribution is 2.34. The zero-order valence-electron chi connectivity index (χ0n) is 14.3. The van der Waals surface area contributed by atoms with Crippen LogP contribution in [-0.4, -0.2) is 0 Å². The maximum Gasteiger partial charge on any atom is -0.0146 e. The highest BCUT2D eigenvalue weighted by Gasteiger charge is 2.10. The van der Waals surface area contributed by atoms with Gasteiger partial charge in [0, 0.05) is 0 Å². The topological polar surface area (TPSA) is 0 Å².